The monoisotopic (exact) mass is 428 g/mol. The van der Waals surface area contributed by atoms with Gasteiger partial charge in [0.15, 0.2) is 5.66 Å². The van der Waals surface area contributed by atoms with Crippen LogP contribution >= 0.6 is 0 Å². The highest BCUT2D eigenvalue weighted by molar-refractivity contribution is 5.96. The molecule has 3 aromatic carbocycles. The molecule has 1 unspecified atom stereocenters. The second kappa shape index (κ2) is 8.38. The van der Waals surface area contributed by atoms with Gasteiger partial charge in [-0.25, -0.2) is 9.59 Å². The molecule has 1 aliphatic rings. The van der Waals surface area contributed by atoms with Gasteiger partial charge in [0.25, 0.3) is 0 Å². The van der Waals surface area contributed by atoms with E-state index in [1.54, 1.807) is 30.3 Å². The molecule has 162 valence electrons. The Kier molecular flexibility index (Phi) is 5.61. The van der Waals surface area contributed by atoms with Gasteiger partial charge >= 0.3 is 11.9 Å². The summed E-state index contributed by atoms with van der Waals surface area (Å²) in [5.41, 5.74) is 3.17. The van der Waals surface area contributed by atoms with Crippen LogP contribution in [0.2, 0.25) is 0 Å². The summed E-state index contributed by atoms with van der Waals surface area (Å²) in [5, 5.41) is 20.2. The van der Waals surface area contributed by atoms with Crippen LogP contribution in [0.1, 0.15) is 51.6 Å². The van der Waals surface area contributed by atoms with Gasteiger partial charge in [-0.05, 0) is 53.8 Å². The van der Waals surface area contributed by atoms with Crippen LogP contribution in [0.3, 0.4) is 0 Å². The molecule has 2 N–H and O–H groups in total. The van der Waals surface area contributed by atoms with E-state index < -0.39 is 17.6 Å². The third-order valence-electron chi connectivity index (χ3n) is 5.74. The number of fused-ring (bicyclic) bond motifs is 1. The highest BCUT2D eigenvalue weighted by Gasteiger charge is 2.31. The summed E-state index contributed by atoms with van der Waals surface area (Å²) in [5.74, 6) is -1.93. The molecule has 1 aliphatic heterocycles. The Labute approximate surface area is 185 Å². The SMILES string of the molecule is CCCC1(Cc2ccc(-c3ccccc3C(=O)O)cc2)N=c2cc(C(=O)O)cc(C)c2=N1. The van der Waals surface area contributed by atoms with E-state index in [1.165, 1.54) is 0 Å². The molecule has 1 atom stereocenters. The van der Waals surface area contributed by atoms with E-state index >= 15 is 0 Å². The quantitative estimate of drug-likeness (QED) is 0.593. The Morgan fingerprint density at radius 3 is 2.31 bits per heavy atom. The lowest BCUT2D eigenvalue weighted by molar-refractivity contribution is 0.0686. The molecule has 0 saturated carbocycles. The van der Waals surface area contributed by atoms with Crippen molar-refractivity contribution in [3.05, 3.63) is 93.6 Å². The molecule has 0 aromatic heterocycles. The van der Waals surface area contributed by atoms with E-state index in [4.69, 9.17) is 9.98 Å². The first-order valence-electron chi connectivity index (χ1n) is 10.6. The van der Waals surface area contributed by atoms with Crippen molar-refractivity contribution in [2.75, 3.05) is 0 Å². The summed E-state index contributed by atoms with van der Waals surface area (Å²) in [6.07, 6.45) is 2.21. The minimum absolute atomic E-state index is 0.217. The number of rotatable bonds is 7. The summed E-state index contributed by atoms with van der Waals surface area (Å²) in [4.78, 5) is 32.8. The molecule has 0 saturated heterocycles. The largest absolute Gasteiger partial charge is 0.478 e. The first-order chi connectivity index (χ1) is 15.3. The average molecular weight is 428 g/mol. The van der Waals surface area contributed by atoms with Crippen molar-refractivity contribution in [2.45, 2.75) is 38.8 Å². The first kappa shape index (κ1) is 21.4. The van der Waals surface area contributed by atoms with Gasteiger partial charge in [0, 0.05) is 6.42 Å². The molecule has 4 rings (SSSR count). The van der Waals surface area contributed by atoms with Crippen LogP contribution in [-0.2, 0) is 6.42 Å². The van der Waals surface area contributed by atoms with E-state index in [0.29, 0.717) is 17.3 Å². The zero-order valence-electron chi connectivity index (χ0n) is 18.0. The molecule has 0 bridgehead atoms. The molecule has 32 heavy (non-hydrogen) atoms. The van der Waals surface area contributed by atoms with Gasteiger partial charge in [-0.2, -0.15) is 0 Å². The third kappa shape index (κ3) is 4.04. The number of carbonyl (C=O) groups is 2. The molecular weight excluding hydrogens is 404 g/mol. The Balaban J connectivity index is 1.69. The maximum Gasteiger partial charge on any atom is 0.336 e. The molecular formula is C26H24N2O4. The fourth-order valence-electron chi connectivity index (χ4n) is 4.30. The van der Waals surface area contributed by atoms with E-state index in [1.807, 2.05) is 37.3 Å². The topological polar surface area (TPSA) is 99.3 Å². The maximum atomic E-state index is 11.5. The number of carboxylic acid groups (broad SMARTS) is 2. The van der Waals surface area contributed by atoms with Crippen LogP contribution in [0, 0.1) is 6.92 Å². The van der Waals surface area contributed by atoms with E-state index in [9.17, 15) is 19.8 Å². The molecule has 0 amide bonds. The van der Waals surface area contributed by atoms with E-state index in [0.717, 1.165) is 34.9 Å². The first-order valence-corrected chi connectivity index (χ1v) is 10.6. The van der Waals surface area contributed by atoms with Crippen LogP contribution in [0.5, 0.6) is 0 Å². The third-order valence-corrected chi connectivity index (χ3v) is 5.74. The van der Waals surface area contributed by atoms with Gasteiger partial charge in [0.2, 0.25) is 0 Å². The van der Waals surface area contributed by atoms with Crippen LogP contribution in [0.4, 0.5) is 0 Å². The van der Waals surface area contributed by atoms with Gasteiger partial charge in [0.05, 0.1) is 21.8 Å². The number of aromatic carboxylic acids is 2. The van der Waals surface area contributed by atoms with Crippen molar-refractivity contribution >= 4 is 11.9 Å². The molecule has 0 aliphatic carbocycles. The van der Waals surface area contributed by atoms with E-state index in [2.05, 4.69) is 6.92 Å². The van der Waals surface area contributed by atoms with Crippen molar-refractivity contribution in [3.8, 4) is 11.1 Å². The lowest BCUT2D eigenvalue weighted by atomic mass is 9.93. The van der Waals surface area contributed by atoms with Gasteiger partial charge in [0.1, 0.15) is 0 Å². The van der Waals surface area contributed by atoms with Crippen LogP contribution in [0.15, 0.2) is 70.6 Å². The highest BCUT2D eigenvalue weighted by Crippen LogP contribution is 2.29. The van der Waals surface area contributed by atoms with Crippen molar-refractivity contribution in [1.82, 2.24) is 0 Å². The number of hydrogen-bond donors (Lipinski definition) is 2. The van der Waals surface area contributed by atoms with Crippen LogP contribution < -0.4 is 10.7 Å². The molecule has 0 spiro atoms. The van der Waals surface area contributed by atoms with Crippen LogP contribution in [0.25, 0.3) is 11.1 Å². The predicted molar refractivity (Wildman–Crippen MR) is 121 cm³/mol. The zero-order chi connectivity index (χ0) is 22.9. The lowest BCUT2D eigenvalue weighted by Gasteiger charge is -2.23. The smallest absolute Gasteiger partial charge is 0.336 e. The Bertz CT molecular complexity index is 1330. The van der Waals surface area contributed by atoms with Crippen molar-refractivity contribution in [3.63, 3.8) is 0 Å². The van der Waals surface area contributed by atoms with Crippen molar-refractivity contribution < 1.29 is 19.8 Å². The maximum absolute atomic E-state index is 11.5. The Morgan fingerprint density at radius 2 is 1.66 bits per heavy atom. The summed E-state index contributed by atoms with van der Waals surface area (Å²) >= 11 is 0. The second-order valence-corrected chi connectivity index (χ2v) is 8.15. The number of carboxylic acids is 2. The van der Waals surface area contributed by atoms with Gasteiger partial charge < -0.3 is 10.2 Å². The Hall–Kier alpha value is -3.80. The van der Waals surface area contributed by atoms with E-state index in [-0.39, 0.29) is 11.1 Å². The minimum atomic E-state index is -0.976. The standard InChI is InChI=1S/C26H24N2O4/c1-3-12-26(27-22-14-19(24(29)30)13-16(2)23(22)28-26)15-17-8-10-18(11-9-17)20-6-4-5-7-21(20)25(31)32/h4-11,13-14H,3,12,15H2,1-2H3,(H,29,30)(H,31,32). The number of aryl methyl sites for hydroxylation is 1. The average Bonchev–Trinajstić information content (AvgIpc) is 3.13. The van der Waals surface area contributed by atoms with Crippen molar-refractivity contribution in [1.29, 1.82) is 0 Å². The molecule has 3 aromatic rings. The normalized spacial score (nSPS) is 16.7. The summed E-state index contributed by atoms with van der Waals surface area (Å²) < 4.78 is 0. The fraction of sp³-hybridized carbons (Fsp3) is 0.231. The van der Waals surface area contributed by atoms with Gasteiger partial charge in [-0.3, -0.25) is 9.98 Å². The number of benzene rings is 3. The highest BCUT2D eigenvalue weighted by atomic mass is 16.4. The molecule has 0 fully saturated rings. The summed E-state index contributed by atoms with van der Waals surface area (Å²) in [6, 6.07) is 18.0. The van der Waals surface area contributed by atoms with Crippen LogP contribution in [-0.4, -0.2) is 27.8 Å². The molecule has 0 radical (unpaired) electrons. The Morgan fingerprint density at radius 1 is 0.938 bits per heavy atom. The fourth-order valence-corrected chi connectivity index (χ4v) is 4.30. The summed E-state index contributed by atoms with van der Waals surface area (Å²) in [6.45, 7) is 3.94. The molecule has 6 heteroatoms. The number of hydrogen-bond acceptors (Lipinski definition) is 4. The van der Waals surface area contributed by atoms with Gasteiger partial charge in [-0.15, -0.1) is 0 Å². The zero-order valence-corrected chi connectivity index (χ0v) is 18.0. The number of nitrogens with zero attached hydrogens (tertiary/aromatic N) is 2. The lowest BCUT2D eigenvalue weighted by Crippen LogP contribution is -2.26. The van der Waals surface area contributed by atoms with Crippen molar-refractivity contribution in [2.24, 2.45) is 9.98 Å². The minimum Gasteiger partial charge on any atom is -0.478 e. The second-order valence-electron chi connectivity index (χ2n) is 8.15. The predicted octanol–water partition coefficient (Wildman–Crippen LogP) is 4.05. The summed E-state index contributed by atoms with van der Waals surface area (Å²) in [7, 11) is 0. The van der Waals surface area contributed by atoms with Gasteiger partial charge in [-0.1, -0.05) is 55.8 Å². The molecule has 1 heterocycles. The molecule has 6 nitrogen and oxygen atoms in total.